The molecule has 4 nitrogen and oxygen atoms in total. The first-order chi connectivity index (χ1) is 8.01. The average molecular weight is 234 g/mol. The van der Waals surface area contributed by atoms with E-state index in [2.05, 4.69) is 11.3 Å². The van der Waals surface area contributed by atoms with Crippen LogP contribution in [0.5, 0.6) is 5.75 Å². The summed E-state index contributed by atoms with van der Waals surface area (Å²) in [7, 11) is 1.26. The summed E-state index contributed by atoms with van der Waals surface area (Å²) in [4.78, 5) is 22.8. The zero-order valence-electron chi connectivity index (χ0n) is 9.82. The van der Waals surface area contributed by atoms with Crippen molar-refractivity contribution in [3.05, 3.63) is 41.5 Å². The standard InChI is InChI=1S/C13H14O4/c1-4-5-9-6-10(13(16)17-3)7-11(8(2)14)12(9)15/h4,6-7,15H,1,5H2,2-3H3. The summed E-state index contributed by atoms with van der Waals surface area (Å²) in [6.45, 7) is 4.88. The molecule has 0 spiro atoms. The third kappa shape index (κ3) is 2.72. The molecular formula is C13H14O4. The van der Waals surface area contributed by atoms with Gasteiger partial charge in [0.25, 0.3) is 0 Å². The minimum Gasteiger partial charge on any atom is -0.507 e. The number of hydrogen-bond donors (Lipinski definition) is 1. The van der Waals surface area contributed by atoms with Gasteiger partial charge in [-0.15, -0.1) is 6.58 Å². The molecule has 0 unspecified atom stereocenters. The fourth-order valence-electron chi connectivity index (χ4n) is 1.51. The van der Waals surface area contributed by atoms with E-state index in [0.29, 0.717) is 12.0 Å². The molecule has 17 heavy (non-hydrogen) atoms. The molecule has 1 aromatic rings. The molecule has 0 saturated carbocycles. The summed E-state index contributed by atoms with van der Waals surface area (Å²) in [6.07, 6.45) is 1.96. The number of ketones is 1. The van der Waals surface area contributed by atoms with E-state index in [4.69, 9.17) is 0 Å². The lowest BCUT2D eigenvalue weighted by atomic mass is 9.99. The Morgan fingerprint density at radius 1 is 1.47 bits per heavy atom. The number of carbonyl (C=O) groups excluding carboxylic acids is 2. The van der Waals surface area contributed by atoms with E-state index < -0.39 is 5.97 Å². The van der Waals surface area contributed by atoms with Crippen LogP contribution in [0.1, 0.15) is 33.2 Å². The Kier molecular flexibility index (Phi) is 4.04. The van der Waals surface area contributed by atoms with Gasteiger partial charge in [-0.1, -0.05) is 6.08 Å². The van der Waals surface area contributed by atoms with Gasteiger partial charge < -0.3 is 9.84 Å². The van der Waals surface area contributed by atoms with Crippen LogP contribution in [0.3, 0.4) is 0 Å². The van der Waals surface area contributed by atoms with Crippen molar-refractivity contribution in [3.8, 4) is 5.75 Å². The van der Waals surface area contributed by atoms with Crippen molar-refractivity contribution >= 4 is 11.8 Å². The number of carbonyl (C=O) groups is 2. The van der Waals surface area contributed by atoms with Gasteiger partial charge in [0.15, 0.2) is 5.78 Å². The summed E-state index contributed by atoms with van der Waals surface area (Å²) in [5, 5.41) is 9.85. The molecular weight excluding hydrogens is 220 g/mol. The van der Waals surface area contributed by atoms with Gasteiger partial charge >= 0.3 is 5.97 Å². The Morgan fingerprint density at radius 2 is 2.12 bits per heavy atom. The van der Waals surface area contributed by atoms with Crippen LogP contribution in [0.4, 0.5) is 0 Å². The van der Waals surface area contributed by atoms with Crippen LogP contribution >= 0.6 is 0 Å². The SMILES string of the molecule is C=CCc1cc(C(=O)OC)cc(C(C)=O)c1O. The number of Topliss-reactive ketones (excluding diaryl/α,β-unsaturated/α-hetero) is 1. The van der Waals surface area contributed by atoms with Crippen molar-refractivity contribution in [1.29, 1.82) is 0 Å². The molecule has 0 aliphatic heterocycles. The lowest BCUT2D eigenvalue weighted by molar-refractivity contribution is 0.0600. The minimum absolute atomic E-state index is 0.106. The van der Waals surface area contributed by atoms with Gasteiger partial charge in [-0.05, 0) is 31.0 Å². The number of allylic oxidation sites excluding steroid dienone is 1. The maximum Gasteiger partial charge on any atom is 0.337 e. The van der Waals surface area contributed by atoms with Gasteiger partial charge in [0.2, 0.25) is 0 Å². The summed E-state index contributed by atoms with van der Waals surface area (Å²) in [5.74, 6) is -0.957. The second-order valence-corrected chi connectivity index (χ2v) is 3.57. The molecule has 1 aromatic carbocycles. The number of rotatable bonds is 4. The smallest absolute Gasteiger partial charge is 0.337 e. The monoisotopic (exact) mass is 234 g/mol. The van der Waals surface area contributed by atoms with Crippen LogP contribution in [0.15, 0.2) is 24.8 Å². The van der Waals surface area contributed by atoms with Gasteiger partial charge in [-0.2, -0.15) is 0 Å². The van der Waals surface area contributed by atoms with Crippen molar-refractivity contribution in [2.75, 3.05) is 7.11 Å². The van der Waals surface area contributed by atoms with E-state index in [0.717, 1.165) is 0 Å². The van der Waals surface area contributed by atoms with E-state index >= 15 is 0 Å². The molecule has 1 rings (SSSR count). The second-order valence-electron chi connectivity index (χ2n) is 3.57. The summed E-state index contributed by atoms with van der Waals surface area (Å²) >= 11 is 0. The number of methoxy groups -OCH3 is 1. The average Bonchev–Trinajstić information content (AvgIpc) is 2.30. The van der Waals surface area contributed by atoms with Crippen LogP contribution in [0.2, 0.25) is 0 Å². The zero-order valence-corrected chi connectivity index (χ0v) is 9.82. The van der Waals surface area contributed by atoms with Crippen LogP contribution in [-0.4, -0.2) is 24.0 Å². The van der Waals surface area contributed by atoms with E-state index in [9.17, 15) is 14.7 Å². The molecule has 0 amide bonds. The Hall–Kier alpha value is -2.10. The number of phenols is 1. The normalized spacial score (nSPS) is 9.76. The first-order valence-electron chi connectivity index (χ1n) is 5.07. The highest BCUT2D eigenvalue weighted by atomic mass is 16.5. The highest BCUT2D eigenvalue weighted by molar-refractivity contribution is 6.00. The molecule has 0 saturated heterocycles. The second kappa shape index (κ2) is 5.30. The fraction of sp³-hybridized carbons (Fsp3) is 0.231. The van der Waals surface area contributed by atoms with Gasteiger partial charge in [0, 0.05) is 0 Å². The Bertz CT molecular complexity index is 475. The van der Waals surface area contributed by atoms with Gasteiger partial charge in [-0.25, -0.2) is 4.79 Å². The lowest BCUT2D eigenvalue weighted by Gasteiger charge is -2.09. The van der Waals surface area contributed by atoms with Crippen molar-refractivity contribution in [2.24, 2.45) is 0 Å². The molecule has 90 valence electrons. The largest absolute Gasteiger partial charge is 0.507 e. The third-order valence-electron chi connectivity index (χ3n) is 2.35. The minimum atomic E-state index is -0.544. The highest BCUT2D eigenvalue weighted by Gasteiger charge is 2.16. The Morgan fingerprint density at radius 3 is 2.59 bits per heavy atom. The lowest BCUT2D eigenvalue weighted by Crippen LogP contribution is -2.05. The quantitative estimate of drug-likeness (QED) is 0.492. The Labute approximate surface area is 99.5 Å². The maximum atomic E-state index is 11.4. The molecule has 0 aliphatic rings. The predicted molar refractivity (Wildman–Crippen MR) is 63.4 cm³/mol. The molecule has 4 heteroatoms. The van der Waals surface area contributed by atoms with Crippen molar-refractivity contribution in [2.45, 2.75) is 13.3 Å². The van der Waals surface area contributed by atoms with E-state index in [-0.39, 0.29) is 22.7 Å². The Balaban J connectivity index is 3.40. The van der Waals surface area contributed by atoms with E-state index in [1.54, 1.807) is 6.08 Å². The predicted octanol–water partition coefficient (Wildman–Crippen LogP) is 2.11. The highest BCUT2D eigenvalue weighted by Crippen LogP contribution is 2.26. The van der Waals surface area contributed by atoms with Gasteiger partial charge in [0.1, 0.15) is 5.75 Å². The number of phenolic OH excluding ortho intramolecular Hbond substituents is 1. The molecule has 0 aliphatic carbocycles. The molecule has 0 fully saturated rings. The van der Waals surface area contributed by atoms with Crippen LogP contribution in [0, 0.1) is 0 Å². The first kappa shape index (κ1) is 13.0. The number of benzene rings is 1. The summed E-state index contributed by atoms with van der Waals surface area (Å²) in [5.41, 5.74) is 0.838. The van der Waals surface area contributed by atoms with Crippen LogP contribution in [0.25, 0.3) is 0 Å². The molecule has 1 N–H and O–H groups in total. The summed E-state index contributed by atoms with van der Waals surface area (Å²) < 4.78 is 4.59. The third-order valence-corrected chi connectivity index (χ3v) is 2.35. The number of esters is 1. The molecule has 0 bridgehead atoms. The van der Waals surface area contributed by atoms with Gasteiger partial charge in [0.05, 0.1) is 18.2 Å². The van der Waals surface area contributed by atoms with Crippen LogP contribution in [-0.2, 0) is 11.2 Å². The van der Waals surface area contributed by atoms with E-state index in [1.165, 1.54) is 26.2 Å². The zero-order chi connectivity index (χ0) is 13.0. The van der Waals surface area contributed by atoms with Crippen molar-refractivity contribution < 1.29 is 19.4 Å². The number of aromatic hydroxyl groups is 1. The first-order valence-corrected chi connectivity index (χ1v) is 5.07. The number of hydrogen-bond acceptors (Lipinski definition) is 4. The number of ether oxygens (including phenoxy) is 1. The topological polar surface area (TPSA) is 63.6 Å². The molecule has 0 atom stereocenters. The van der Waals surface area contributed by atoms with Crippen molar-refractivity contribution in [3.63, 3.8) is 0 Å². The molecule has 0 aromatic heterocycles. The fourth-order valence-corrected chi connectivity index (χ4v) is 1.51. The van der Waals surface area contributed by atoms with Gasteiger partial charge in [-0.3, -0.25) is 4.79 Å². The van der Waals surface area contributed by atoms with Crippen molar-refractivity contribution in [1.82, 2.24) is 0 Å². The molecule has 0 heterocycles. The van der Waals surface area contributed by atoms with E-state index in [1.807, 2.05) is 0 Å². The van der Waals surface area contributed by atoms with Crippen LogP contribution < -0.4 is 0 Å². The summed E-state index contributed by atoms with van der Waals surface area (Å²) in [6, 6.07) is 2.82. The maximum absolute atomic E-state index is 11.4. The molecule has 0 radical (unpaired) electrons.